The van der Waals surface area contributed by atoms with Gasteiger partial charge in [0, 0.05) is 5.92 Å². The molecule has 1 aliphatic carbocycles. The second kappa shape index (κ2) is 5.41. The van der Waals surface area contributed by atoms with Gasteiger partial charge in [-0.15, -0.1) is 5.10 Å². The number of nitrogens with two attached hydrogens (primary N) is 1. The molecule has 1 aromatic rings. The summed E-state index contributed by atoms with van der Waals surface area (Å²) in [5.41, 5.74) is 5.83. The Morgan fingerprint density at radius 3 is 2.55 bits per heavy atom. The van der Waals surface area contributed by atoms with Gasteiger partial charge in [0.2, 0.25) is 5.91 Å². The van der Waals surface area contributed by atoms with Gasteiger partial charge in [-0.25, -0.2) is 4.68 Å². The lowest BCUT2D eigenvalue weighted by Gasteiger charge is -2.20. The fourth-order valence-electron chi connectivity index (χ4n) is 2.67. The molecule has 112 valence electrons. The lowest BCUT2D eigenvalue weighted by atomic mass is 10.00. The number of carbonyl (C=O) groups is 1. The van der Waals surface area contributed by atoms with Gasteiger partial charge in [0.05, 0.1) is 17.8 Å². The Labute approximate surface area is 114 Å². The molecule has 0 radical (unpaired) electrons. The van der Waals surface area contributed by atoms with E-state index in [0.29, 0.717) is 5.69 Å². The molecule has 2 rings (SSSR count). The highest BCUT2D eigenvalue weighted by Gasteiger charge is 2.41. The van der Waals surface area contributed by atoms with Crippen LogP contribution in [0.4, 0.5) is 13.2 Å². The highest BCUT2D eigenvalue weighted by molar-refractivity contribution is 5.76. The number of rotatable bonds is 4. The fourth-order valence-corrected chi connectivity index (χ4v) is 2.67. The van der Waals surface area contributed by atoms with E-state index in [1.54, 1.807) is 0 Å². The van der Waals surface area contributed by atoms with E-state index in [2.05, 4.69) is 10.3 Å². The van der Waals surface area contributed by atoms with E-state index in [1.165, 1.54) is 0 Å². The summed E-state index contributed by atoms with van der Waals surface area (Å²) in [6.45, 7) is 1.04. The second-order valence-electron chi connectivity index (χ2n) is 5.21. The molecule has 1 aliphatic rings. The molecule has 0 aliphatic heterocycles. The summed E-state index contributed by atoms with van der Waals surface area (Å²) in [5.74, 6) is -0.639. The number of nitrogens with zero attached hydrogens (tertiary/aromatic N) is 3. The molecule has 0 saturated heterocycles. The molecule has 0 spiro atoms. The zero-order valence-corrected chi connectivity index (χ0v) is 11.2. The van der Waals surface area contributed by atoms with E-state index >= 15 is 0 Å². The van der Waals surface area contributed by atoms with Crippen LogP contribution in [0, 0.1) is 0 Å². The van der Waals surface area contributed by atoms with Crippen LogP contribution in [0.15, 0.2) is 0 Å². The quantitative estimate of drug-likeness (QED) is 0.922. The number of hydrogen-bond acceptors (Lipinski definition) is 3. The SMILES string of the molecule is CC(n1nnc(CC(N)=O)c1C1CCCC1)C(F)(F)F. The molecular formula is C12H17F3N4O. The average Bonchev–Trinajstić information content (AvgIpc) is 2.94. The van der Waals surface area contributed by atoms with Gasteiger partial charge >= 0.3 is 6.18 Å². The molecule has 1 heterocycles. The van der Waals surface area contributed by atoms with Crippen LogP contribution in [0.1, 0.15) is 56.0 Å². The number of carbonyl (C=O) groups excluding carboxylic acids is 1. The van der Waals surface area contributed by atoms with Gasteiger partial charge in [-0.1, -0.05) is 18.1 Å². The van der Waals surface area contributed by atoms with Crippen molar-refractivity contribution >= 4 is 5.91 Å². The van der Waals surface area contributed by atoms with Crippen molar-refractivity contribution in [1.82, 2.24) is 15.0 Å². The van der Waals surface area contributed by atoms with Crippen molar-refractivity contribution in [3.8, 4) is 0 Å². The van der Waals surface area contributed by atoms with Gasteiger partial charge in [0.15, 0.2) is 0 Å². The largest absolute Gasteiger partial charge is 0.410 e. The van der Waals surface area contributed by atoms with Crippen LogP contribution in [0.5, 0.6) is 0 Å². The van der Waals surface area contributed by atoms with Crippen molar-refractivity contribution in [3.63, 3.8) is 0 Å². The van der Waals surface area contributed by atoms with E-state index in [-0.39, 0.29) is 18.0 Å². The standard InChI is InChI=1S/C12H17F3N4O/c1-7(12(13,14)15)19-11(8-4-2-3-5-8)9(17-18-19)6-10(16)20/h7-8H,2-6H2,1H3,(H2,16,20). The smallest absolute Gasteiger partial charge is 0.369 e. The van der Waals surface area contributed by atoms with E-state index in [4.69, 9.17) is 5.73 Å². The van der Waals surface area contributed by atoms with Crippen molar-refractivity contribution in [2.75, 3.05) is 0 Å². The Morgan fingerprint density at radius 2 is 2.05 bits per heavy atom. The third-order valence-electron chi connectivity index (χ3n) is 3.73. The van der Waals surface area contributed by atoms with Gasteiger partial charge in [-0.2, -0.15) is 13.2 Å². The van der Waals surface area contributed by atoms with Crippen molar-refractivity contribution in [2.45, 2.75) is 57.2 Å². The molecule has 2 N–H and O–H groups in total. The summed E-state index contributed by atoms with van der Waals surface area (Å²) in [4.78, 5) is 11.0. The predicted molar refractivity (Wildman–Crippen MR) is 64.9 cm³/mol. The van der Waals surface area contributed by atoms with Crippen LogP contribution in [-0.4, -0.2) is 27.1 Å². The minimum atomic E-state index is -4.40. The zero-order chi connectivity index (χ0) is 14.9. The average molecular weight is 290 g/mol. The van der Waals surface area contributed by atoms with E-state index in [1.807, 2.05) is 0 Å². The van der Waals surface area contributed by atoms with Crippen LogP contribution < -0.4 is 5.73 Å². The number of halogens is 3. The maximum absolute atomic E-state index is 12.9. The third-order valence-corrected chi connectivity index (χ3v) is 3.73. The first kappa shape index (κ1) is 14.8. The Hall–Kier alpha value is -1.60. The number of primary amides is 1. The molecule has 20 heavy (non-hydrogen) atoms. The van der Waals surface area contributed by atoms with Crippen molar-refractivity contribution in [1.29, 1.82) is 0 Å². The minimum absolute atomic E-state index is 0.0239. The summed E-state index contributed by atoms with van der Waals surface area (Å²) in [5, 5.41) is 7.37. The van der Waals surface area contributed by atoms with E-state index < -0.39 is 18.1 Å². The first-order valence-corrected chi connectivity index (χ1v) is 6.59. The Morgan fingerprint density at radius 1 is 1.45 bits per heavy atom. The molecule has 1 fully saturated rings. The number of hydrogen-bond donors (Lipinski definition) is 1. The number of alkyl halides is 3. The molecule has 5 nitrogen and oxygen atoms in total. The topological polar surface area (TPSA) is 73.8 Å². The van der Waals surface area contributed by atoms with Gasteiger partial charge in [0.1, 0.15) is 6.04 Å². The molecule has 0 bridgehead atoms. The summed E-state index contributed by atoms with van der Waals surface area (Å²) in [6.07, 6.45) is -1.05. The van der Waals surface area contributed by atoms with Gasteiger partial charge < -0.3 is 5.73 Å². The van der Waals surface area contributed by atoms with Gasteiger partial charge in [-0.3, -0.25) is 4.79 Å². The first-order valence-electron chi connectivity index (χ1n) is 6.59. The van der Waals surface area contributed by atoms with E-state index in [9.17, 15) is 18.0 Å². The predicted octanol–water partition coefficient (Wildman–Crippen LogP) is 2.09. The van der Waals surface area contributed by atoms with Crippen molar-refractivity contribution < 1.29 is 18.0 Å². The van der Waals surface area contributed by atoms with Gasteiger partial charge in [-0.05, 0) is 19.8 Å². The van der Waals surface area contributed by atoms with E-state index in [0.717, 1.165) is 37.3 Å². The van der Waals surface area contributed by atoms with Crippen LogP contribution >= 0.6 is 0 Å². The monoisotopic (exact) mass is 290 g/mol. The summed E-state index contributed by atoms with van der Waals surface area (Å²) in [7, 11) is 0. The maximum Gasteiger partial charge on any atom is 0.410 e. The zero-order valence-electron chi connectivity index (χ0n) is 11.2. The summed E-state index contributed by atoms with van der Waals surface area (Å²) in [6, 6.07) is -1.76. The minimum Gasteiger partial charge on any atom is -0.369 e. The fraction of sp³-hybridized carbons (Fsp3) is 0.750. The van der Waals surface area contributed by atoms with Crippen LogP contribution in [-0.2, 0) is 11.2 Å². The summed E-state index contributed by atoms with van der Waals surface area (Å²) >= 11 is 0. The lowest BCUT2D eigenvalue weighted by molar-refractivity contribution is -0.166. The highest BCUT2D eigenvalue weighted by Crippen LogP contribution is 2.39. The molecule has 1 saturated carbocycles. The van der Waals surface area contributed by atoms with Gasteiger partial charge in [0.25, 0.3) is 0 Å². The molecule has 1 unspecified atom stereocenters. The normalized spacial score (nSPS) is 18.4. The Bertz CT molecular complexity index is 491. The molecule has 1 atom stereocenters. The van der Waals surface area contributed by atoms with Crippen molar-refractivity contribution in [3.05, 3.63) is 11.4 Å². The Kier molecular flexibility index (Phi) is 4.01. The third kappa shape index (κ3) is 2.94. The number of amides is 1. The number of aromatic nitrogens is 3. The second-order valence-corrected chi connectivity index (χ2v) is 5.21. The molecule has 1 aromatic heterocycles. The van der Waals surface area contributed by atoms with Crippen molar-refractivity contribution in [2.24, 2.45) is 5.73 Å². The lowest BCUT2D eigenvalue weighted by Crippen LogP contribution is -2.27. The molecule has 0 aromatic carbocycles. The maximum atomic E-state index is 12.9. The summed E-state index contributed by atoms with van der Waals surface area (Å²) < 4.78 is 39.6. The highest BCUT2D eigenvalue weighted by atomic mass is 19.4. The molecular weight excluding hydrogens is 273 g/mol. The first-order chi connectivity index (χ1) is 9.30. The molecule has 8 heteroatoms. The van der Waals surface area contributed by atoms with Crippen LogP contribution in [0.3, 0.4) is 0 Å². The molecule has 1 amide bonds. The Balaban J connectivity index is 2.40. The van der Waals surface area contributed by atoms with Crippen LogP contribution in [0.25, 0.3) is 0 Å². The van der Waals surface area contributed by atoms with Crippen LogP contribution in [0.2, 0.25) is 0 Å².